The molecule has 0 radical (unpaired) electrons. The topological polar surface area (TPSA) is 96.3 Å². The van der Waals surface area contributed by atoms with Crippen LogP contribution in [0, 0.1) is 23.7 Å². The van der Waals surface area contributed by atoms with Crippen LogP contribution >= 0.6 is 0 Å². The zero-order valence-corrected chi connectivity index (χ0v) is 40.3. The Morgan fingerprint density at radius 1 is 0.450 bits per heavy atom. The van der Waals surface area contributed by atoms with Gasteiger partial charge >= 0.3 is 11.9 Å². The van der Waals surface area contributed by atoms with Crippen molar-refractivity contribution in [2.45, 2.75) is 240 Å². The smallest absolute Gasteiger partial charge is 0.306 e. The van der Waals surface area contributed by atoms with E-state index in [4.69, 9.17) is 9.47 Å². The molecule has 0 spiro atoms. The number of carboxylic acids is 2. The number of carbonyl (C=O) groups is 2. The van der Waals surface area contributed by atoms with Crippen molar-refractivity contribution in [2.75, 3.05) is 27.3 Å². The van der Waals surface area contributed by atoms with Gasteiger partial charge in [0.15, 0.2) is 0 Å². The van der Waals surface area contributed by atoms with Crippen LogP contribution in [0.4, 0.5) is 0 Å². The van der Waals surface area contributed by atoms with Gasteiger partial charge in [-0.3, -0.25) is 9.59 Å². The molecule has 0 aliphatic heterocycles. The van der Waals surface area contributed by atoms with E-state index in [1.54, 1.807) is 0 Å². The Labute approximate surface area is 370 Å². The van der Waals surface area contributed by atoms with Gasteiger partial charge in [-0.1, -0.05) is 182 Å². The average Bonchev–Trinajstić information content (AvgIpc) is 3.21. The summed E-state index contributed by atoms with van der Waals surface area (Å²) in [6.07, 6.45) is 36.3. The quantitative estimate of drug-likeness (QED) is 0.0632. The molecule has 0 amide bonds. The molecule has 7 heteroatoms. The molecule has 1 aromatic rings. The molecule has 60 heavy (non-hydrogen) atoms. The summed E-state index contributed by atoms with van der Waals surface area (Å²) in [7, 11) is 4.09. The Morgan fingerprint density at radius 2 is 0.750 bits per heavy atom. The first-order chi connectivity index (χ1) is 29.2. The van der Waals surface area contributed by atoms with Crippen LogP contribution in [0.25, 0.3) is 0 Å². The fraction of sp³-hybridized carbons (Fsp3) is 0.849. The second-order valence-electron chi connectivity index (χ2n) is 18.7. The lowest BCUT2D eigenvalue weighted by Gasteiger charge is -2.25. The molecule has 0 bridgehead atoms. The number of carboxylic acid groups (broad SMARTS) is 2. The maximum atomic E-state index is 12.7. The predicted molar refractivity (Wildman–Crippen MR) is 254 cm³/mol. The number of hydrogen-bond acceptors (Lipinski definition) is 5. The van der Waals surface area contributed by atoms with Crippen LogP contribution < -0.4 is 9.47 Å². The molecule has 0 saturated heterocycles. The summed E-state index contributed by atoms with van der Waals surface area (Å²) in [5.41, 5.74) is 1.09. The van der Waals surface area contributed by atoms with E-state index in [2.05, 4.69) is 44.7 Å². The molecule has 0 heterocycles. The number of hydrogen-bond donors (Lipinski definition) is 2. The molecule has 0 fully saturated rings. The van der Waals surface area contributed by atoms with Gasteiger partial charge in [0.05, 0.1) is 25.0 Å². The minimum absolute atomic E-state index is 0.227. The summed E-state index contributed by atoms with van der Waals surface area (Å²) >= 11 is 0. The number of nitrogens with zero attached hydrogens (tertiary/aromatic N) is 1. The third-order valence-electron chi connectivity index (χ3n) is 12.8. The summed E-state index contributed by atoms with van der Waals surface area (Å²) in [4.78, 5) is 27.5. The van der Waals surface area contributed by atoms with Crippen molar-refractivity contribution >= 4 is 11.9 Å². The van der Waals surface area contributed by atoms with E-state index in [0.29, 0.717) is 38.9 Å². The minimum atomic E-state index is -0.651. The van der Waals surface area contributed by atoms with Crippen LogP contribution in [0.3, 0.4) is 0 Å². The molecule has 2 atom stereocenters. The first-order valence-corrected chi connectivity index (χ1v) is 25.7. The maximum absolute atomic E-state index is 12.7. The molecule has 7 nitrogen and oxygen atoms in total. The van der Waals surface area contributed by atoms with Crippen LogP contribution in [0.2, 0.25) is 0 Å². The fourth-order valence-corrected chi connectivity index (χ4v) is 9.20. The van der Waals surface area contributed by atoms with Gasteiger partial charge in [0.1, 0.15) is 11.5 Å². The predicted octanol–water partition coefficient (Wildman–Crippen LogP) is 15.7. The molecule has 0 aliphatic carbocycles. The molecule has 0 aromatic heterocycles. The van der Waals surface area contributed by atoms with E-state index < -0.39 is 11.9 Å². The number of benzene rings is 1. The third-order valence-corrected chi connectivity index (χ3v) is 12.8. The van der Waals surface area contributed by atoms with Crippen molar-refractivity contribution in [3.05, 3.63) is 23.8 Å². The number of unbranched alkanes of at least 4 members (excludes halogenated alkanes) is 20. The van der Waals surface area contributed by atoms with Gasteiger partial charge in [-0.2, -0.15) is 0 Å². The van der Waals surface area contributed by atoms with Crippen LogP contribution in [0.1, 0.15) is 239 Å². The van der Waals surface area contributed by atoms with Crippen molar-refractivity contribution in [3.8, 4) is 11.5 Å². The maximum Gasteiger partial charge on any atom is 0.306 e. The Bertz CT molecular complexity index is 1040. The van der Waals surface area contributed by atoms with Gasteiger partial charge in [0.2, 0.25) is 0 Å². The lowest BCUT2D eigenvalue weighted by atomic mass is 9.81. The van der Waals surface area contributed by atoms with Crippen LogP contribution in [-0.2, 0) is 16.1 Å². The van der Waals surface area contributed by atoms with E-state index in [1.807, 2.05) is 20.2 Å². The van der Waals surface area contributed by atoms with E-state index in [9.17, 15) is 19.8 Å². The third kappa shape index (κ3) is 29.1. The first-order valence-electron chi connectivity index (χ1n) is 25.7. The lowest BCUT2D eigenvalue weighted by molar-refractivity contribution is -0.145. The lowest BCUT2D eigenvalue weighted by Crippen LogP contribution is -2.25. The molecule has 1 rings (SSSR count). The van der Waals surface area contributed by atoms with Crippen LogP contribution in [0.5, 0.6) is 11.5 Å². The minimum Gasteiger partial charge on any atom is -0.493 e. The highest BCUT2D eigenvalue weighted by Crippen LogP contribution is 2.32. The molecule has 0 aliphatic rings. The van der Waals surface area contributed by atoms with E-state index in [1.165, 1.54) is 128 Å². The van der Waals surface area contributed by atoms with Gasteiger partial charge in [-0.05, 0) is 95.0 Å². The van der Waals surface area contributed by atoms with Gasteiger partial charge in [0.25, 0.3) is 0 Å². The van der Waals surface area contributed by atoms with E-state index in [0.717, 1.165) is 75.0 Å². The first kappa shape index (κ1) is 55.7. The number of rotatable bonds is 44. The molecule has 1 aromatic carbocycles. The Morgan fingerprint density at radius 3 is 1.03 bits per heavy atom. The highest BCUT2D eigenvalue weighted by atomic mass is 16.5. The normalized spacial score (nSPS) is 12.8. The average molecular weight is 844 g/mol. The highest BCUT2D eigenvalue weighted by molar-refractivity contribution is 5.70. The SMILES string of the molecule is CCCCCCCCC(CCCCCCCC)C(CCCOc1cc(CN(C)C)cc(OCCCC(C(=O)O)C(CCCCCCCC)CCCCCCCC)c1)C(=O)O. The molecule has 0 saturated carbocycles. The molecular weight excluding hydrogens is 747 g/mol. The van der Waals surface area contributed by atoms with Crippen molar-refractivity contribution in [1.29, 1.82) is 0 Å². The summed E-state index contributed by atoms with van der Waals surface area (Å²) in [6.45, 7) is 10.7. The van der Waals surface area contributed by atoms with Crippen molar-refractivity contribution in [2.24, 2.45) is 23.7 Å². The molecule has 2 unspecified atom stereocenters. The van der Waals surface area contributed by atoms with Crippen LogP contribution in [0.15, 0.2) is 18.2 Å². The highest BCUT2D eigenvalue weighted by Gasteiger charge is 2.28. The Balaban J connectivity index is 2.88. The second kappa shape index (κ2) is 38.4. The largest absolute Gasteiger partial charge is 0.493 e. The van der Waals surface area contributed by atoms with Gasteiger partial charge in [-0.15, -0.1) is 0 Å². The van der Waals surface area contributed by atoms with Gasteiger partial charge < -0.3 is 24.6 Å². The fourth-order valence-electron chi connectivity index (χ4n) is 9.20. The standard InChI is InChI=1S/C53H97NO6/c1-7-11-15-19-23-27-33-46(34-28-24-20-16-12-8-2)50(52(55)56)37-31-39-59-48-41-45(44-54(5)6)42-49(43-48)60-40-32-38-51(53(57)58)47(35-29-25-21-17-13-9-3)36-30-26-22-18-14-10-4/h41-43,46-47,50-51H,7-40,44H2,1-6H3,(H,55,56)(H,57,58). The van der Waals surface area contributed by atoms with Crippen molar-refractivity contribution in [1.82, 2.24) is 4.90 Å². The Kier molecular flexibility index (Phi) is 35.7. The number of ether oxygens (including phenoxy) is 2. The van der Waals surface area contributed by atoms with E-state index >= 15 is 0 Å². The van der Waals surface area contributed by atoms with Crippen LogP contribution in [-0.4, -0.2) is 54.4 Å². The van der Waals surface area contributed by atoms with E-state index in [-0.39, 0.29) is 23.7 Å². The Hall–Kier alpha value is -2.28. The monoisotopic (exact) mass is 844 g/mol. The van der Waals surface area contributed by atoms with Crippen molar-refractivity contribution in [3.63, 3.8) is 0 Å². The summed E-state index contributed by atoms with van der Waals surface area (Å²) < 4.78 is 12.7. The summed E-state index contributed by atoms with van der Waals surface area (Å²) in [5.74, 6) is -0.0181. The van der Waals surface area contributed by atoms with Gasteiger partial charge in [0, 0.05) is 12.6 Å². The molecule has 2 N–H and O–H groups in total. The number of aliphatic carboxylic acids is 2. The molecule has 350 valence electrons. The zero-order valence-electron chi connectivity index (χ0n) is 40.3. The zero-order chi connectivity index (χ0) is 44.1. The molecular formula is C53H97NO6. The van der Waals surface area contributed by atoms with Gasteiger partial charge in [-0.25, -0.2) is 0 Å². The summed E-state index contributed by atoms with van der Waals surface area (Å²) in [5, 5.41) is 20.8. The second-order valence-corrected chi connectivity index (χ2v) is 18.7. The summed E-state index contributed by atoms with van der Waals surface area (Å²) in [6, 6.07) is 6.08. The van der Waals surface area contributed by atoms with Crippen molar-refractivity contribution < 1.29 is 29.3 Å².